The second kappa shape index (κ2) is 6.44. The second-order valence-electron chi connectivity index (χ2n) is 6.09. The van der Waals surface area contributed by atoms with Gasteiger partial charge in [-0.3, -0.25) is 9.59 Å². The highest BCUT2D eigenvalue weighted by molar-refractivity contribution is 5.95. The number of carbonyl (C=O) groups excluding carboxylic acids is 1. The summed E-state index contributed by atoms with van der Waals surface area (Å²) in [5.74, 6) is -1.08. The number of hydrogen-bond donors (Lipinski definition) is 1. The lowest BCUT2D eigenvalue weighted by Gasteiger charge is -2.07. The third-order valence-electron chi connectivity index (χ3n) is 4.34. The van der Waals surface area contributed by atoms with Crippen molar-refractivity contribution in [2.45, 2.75) is 19.4 Å². The Labute approximate surface area is 147 Å². The summed E-state index contributed by atoms with van der Waals surface area (Å²) in [7, 11) is 0. The van der Waals surface area contributed by atoms with Crippen LogP contribution in [0.1, 0.15) is 12.8 Å². The van der Waals surface area contributed by atoms with Crippen molar-refractivity contribution in [2.24, 2.45) is 0 Å². The van der Waals surface area contributed by atoms with Crippen molar-refractivity contribution < 1.29 is 19.3 Å². The van der Waals surface area contributed by atoms with Gasteiger partial charge in [-0.1, -0.05) is 24.3 Å². The van der Waals surface area contributed by atoms with Crippen LogP contribution >= 0.6 is 0 Å². The minimum atomic E-state index is -0.965. The van der Waals surface area contributed by atoms with Gasteiger partial charge in [0.25, 0.3) is 0 Å². The lowest BCUT2D eigenvalue weighted by atomic mass is 10.0. The standard InChI is InChI=1S/C19H15N3O4/c23-14(6-7-18(24)25)11-22-9-8-12-4-5-13(10-17(12)22)15-2-1-3-16-19(15)21-26-20-16/h1-5,8-10H,6-7,11H2,(H,24,25). The van der Waals surface area contributed by atoms with E-state index in [1.807, 2.05) is 53.2 Å². The van der Waals surface area contributed by atoms with E-state index in [-0.39, 0.29) is 25.2 Å². The second-order valence-corrected chi connectivity index (χ2v) is 6.09. The van der Waals surface area contributed by atoms with Crippen molar-refractivity contribution in [2.75, 3.05) is 0 Å². The topological polar surface area (TPSA) is 98.2 Å². The van der Waals surface area contributed by atoms with Crippen LogP contribution < -0.4 is 0 Å². The molecule has 0 spiro atoms. The molecular weight excluding hydrogens is 334 g/mol. The molecule has 0 aliphatic heterocycles. The summed E-state index contributed by atoms with van der Waals surface area (Å²) in [5, 5.41) is 17.6. The van der Waals surface area contributed by atoms with Crippen molar-refractivity contribution in [1.29, 1.82) is 0 Å². The van der Waals surface area contributed by atoms with Crippen LogP contribution in [0.5, 0.6) is 0 Å². The van der Waals surface area contributed by atoms with E-state index in [4.69, 9.17) is 9.74 Å². The summed E-state index contributed by atoms with van der Waals surface area (Å²) in [6, 6.07) is 13.6. The SMILES string of the molecule is O=C(O)CCC(=O)Cn1ccc2ccc(-c3cccc4nonc34)cc21. The number of Topliss-reactive ketones (excluding diaryl/α,β-unsaturated/α-hetero) is 1. The Morgan fingerprint density at radius 1 is 1.08 bits per heavy atom. The Morgan fingerprint density at radius 3 is 2.81 bits per heavy atom. The van der Waals surface area contributed by atoms with E-state index in [0.717, 1.165) is 22.0 Å². The van der Waals surface area contributed by atoms with Crippen LogP contribution in [-0.2, 0) is 16.1 Å². The number of carbonyl (C=O) groups is 2. The van der Waals surface area contributed by atoms with Crippen molar-refractivity contribution in [3.05, 3.63) is 48.7 Å². The number of ketones is 1. The zero-order valence-corrected chi connectivity index (χ0v) is 13.8. The molecule has 0 unspecified atom stereocenters. The Kier molecular flexibility index (Phi) is 3.96. The first-order valence-corrected chi connectivity index (χ1v) is 8.16. The molecule has 0 saturated heterocycles. The van der Waals surface area contributed by atoms with E-state index in [0.29, 0.717) is 11.0 Å². The Morgan fingerprint density at radius 2 is 1.96 bits per heavy atom. The molecule has 130 valence electrons. The van der Waals surface area contributed by atoms with E-state index in [9.17, 15) is 9.59 Å². The number of benzene rings is 2. The molecule has 4 aromatic rings. The normalized spacial score (nSPS) is 11.2. The summed E-state index contributed by atoms with van der Waals surface area (Å²) >= 11 is 0. The van der Waals surface area contributed by atoms with Gasteiger partial charge in [0.05, 0.1) is 13.0 Å². The molecule has 26 heavy (non-hydrogen) atoms. The molecule has 4 rings (SSSR count). The molecule has 7 heteroatoms. The summed E-state index contributed by atoms with van der Waals surface area (Å²) in [4.78, 5) is 22.7. The first-order chi connectivity index (χ1) is 12.6. The fourth-order valence-electron chi connectivity index (χ4n) is 3.04. The number of rotatable bonds is 6. The Balaban J connectivity index is 1.70. The maximum Gasteiger partial charge on any atom is 0.303 e. The molecule has 2 heterocycles. The summed E-state index contributed by atoms with van der Waals surface area (Å²) in [6.07, 6.45) is 1.72. The lowest BCUT2D eigenvalue weighted by molar-refractivity contribution is -0.138. The molecule has 0 amide bonds. The molecule has 0 aliphatic carbocycles. The number of hydrogen-bond acceptors (Lipinski definition) is 5. The first kappa shape index (κ1) is 16.0. The predicted molar refractivity (Wildman–Crippen MR) is 94.6 cm³/mol. The maximum absolute atomic E-state index is 12.0. The molecule has 0 fully saturated rings. The van der Waals surface area contributed by atoms with E-state index >= 15 is 0 Å². The number of aromatic nitrogens is 3. The Hall–Kier alpha value is -3.48. The van der Waals surface area contributed by atoms with Crippen molar-refractivity contribution in [1.82, 2.24) is 14.9 Å². The van der Waals surface area contributed by atoms with E-state index in [1.54, 1.807) is 0 Å². The van der Waals surface area contributed by atoms with Crippen LogP contribution in [0.15, 0.2) is 53.3 Å². The van der Waals surface area contributed by atoms with Gasteiger partial charge >= 0.3 is 5.97 Å². The minimum Gasteiger partial charge on any atom is -0.481 e. The van der Waals surface area contributed by atoms with Gasteiger partial charge in [-0.15, -0.1) is 0 Å². The first-order valence-electron chi connectivity index (χ1n) is 8.16. The number of carboxylic acid groups (broad SMARTS) is 1. The van der Waals surface area contributed by atoms with Crippen LogP contribution in [0.2, 0.25) is 0 Å². The number of fused-ring (bicyclic) bond motifs is 2. The third-order valence-corrected chi connectivity index (χ3v) is 4.34. The number of nitrogens with zero attached hydrogens (tertiary/aromatic N) is 3. The number of aliphatic carboxylic acids is 1. The number of carboxylic acids is 1. The lowest BCUT2D eigenvalue weighted by Crippen LogP contribution is -2.10. The van der Waals surface area contributed by atoms with Crippen molar-refractivity contribution >= 4 is 33.7 Å². The minimum absolute atomic E-state index is 0.0264. The van der Waals surface area contributed by atoms with Crippen molar-refractivity contribution in [3.8, 4) is 11.1 Å². The monoisotopic (exact) mass is 349 g/mol. The molecule has 1 N–H and O–H groups in total. The van der Waals surface area contributed by atoms with Crippen molar-refractivity contribution in [3.63, 3.8) is 0 Å². The van der Waals surface area contributed by atoms with Gasteiger partial charge in [-0.25, -0.2) is 4.63 Å². The van der Waals surface area contributed by atoms with Gasteiger partial charge in [-0.05, 0) is 39.5 Å². The van der Waals surface area contributed by atoms with Crippen LogP contribution in [0.3, 0.4) is 0 Å². The molecule has 2 aromatic heterocycles. The van der Waals surface area contributed by atoms with Crippen LogP contribution in [0.4, 0.5) is 0 Å². The fourth-order valence-corrected chi connectivity index (χ4v) is 3.04. The average Bonchev–Trinajstić information content (AvgIpc) is 3.26. The van der Waals surface area contributed by atoms with E-state index in [1.165, 1.54) is 0 Å². The van der Waals surface area contributed by atoms with E-state index < -0.39 is 5.97 Å². The molecule has 0 aliphatic rings. The zero-order chi connectivity index (χ0) is 18.1. The van der Waals surface area contributed by atoms with Gasteiger partial charge in [0, 0.05) is 23.7 Å². The maximum atomic E-state index is 12.0. The molecule has 0 bridgehead atoms. The zero-order valence-electron chi connectivity index (χ0n) is 13.8. The summed E-state index contributed by atoms with van der Waals surface area (Å²) in [6.45, 7) is 0.149. The Bertz CT molecular complexity index is 1130. The smallest absolute Gasteiger partial charge is 0.303 e. The van der Waals surface area contributed by atoms with Crippen LogP contribution in [0.25, 0.3) is 33.1 Å². The van der Waals surface area contributed by atoms with Gasteiger partial charge in [0.15, 0.2) is 5.78 Å². The molecule has 0 radical (unpaired) electrons. The van der Waals surface area contributed by atoms with Crippen LogP contribution in [0, 0.1) is 0 Å². The van der Waals surface area contributed by atoms with Crippen LogP contribution in [-0.4, -0.2) is 31.7 Å². The highest BCUT2D eigenvalue weighted by Gasteiger charge is 2.12. The largest absolute Gasteiger partial charge is 0.481 e. The molecular formula is C19H15N3O4. The predicted octanol–water partition coefficient (Wildman–Crippen LogP) is 3.28. The quantitative estimate of drug-likeness (QED) is 0.573. The molecule has 0 atom stereocenters. The van der Waals surface area contributed by atoms with E-state index in [2.05, 4.69) is 10.3 Å². The molecule has 0 saturated carbocycles. The van der Waals surface area contributed by atoms with Gasteiger partial charge in [0.1, 0.15) is 11.0 Å². The summed E-state index contributed by atoms with van der Waals surface area (Å²) < 4.78 is 6.66. The van der Waals surface area contributed by atoms with Gasteiger partial charge in [-0.2, -0.15) is 0 Å². The highest BCUT2D eigenvalue weighted by Crippen LogP contribution is 2.29. The van der Waals surface area contributed by atoms with Gasteiger partial charge in [0.2, 0.25) is 0 Å². The third kappa shape index (κ3) is 2.95. The van der Waals surface area contributed by atoms with Gasteiger partial charge < -0.3 is 9.67 Å². The molecule has 7 nitrogen and oxygen atoms in total. The fraction of sp³-hybridized carbons (Fsp3) is 0.158. The highest BCUT2D eigenvalue weighted by atomic mass is 16.6. The molecule has 2 aromatic carbocycles. The summed E-state index contributed by atoms with van der Waals surface area (Å²) in [5.41, 5.74) is 4.11. The average molecular weight is 349 g/mol.